The molecule has 0 bridgehead atoms. The molecule has 96 valence electrons. The number of carbonyl (C=O) groups is 1. The van der Waals surface area contributed by atoms with Crippen molar-refractivity contribution in [3.8, 4) is 0 Å². The molecular formula is C13H21ClN2O. The highest BCUT2D eigenvalue weighted by atomic mass is 35.5. The summed E-state index contributed by atoms with van der Waals surface area (Å²) >= 11 is 0. The van der Waals surface area contributed by atoms with Crippen LogP contribution in [-0.2, 0) is 4.79 Å². The molecule has 0 aliphatic rings. The van der Waals surface area contributed by atoms with Gasteiger partial charge in [0.1, 0.15) is 0 Å². The molecule has 1 rings (SSSR count). The molecule has 1 amide bonds. The third-order valence-corrected chi connectivity index (χ3v) is 2.80. The molecule has 0 saturated heterocycles. The number of hydrogen-bond acceptors (Lipinski definition) is 2. The number of anilines is 1. The molecule has 0 spiro atoms. The van der Waals surface area contributed by atoms with Gasteiger partial charge in [-0.25, -0.2) is 0 Å². The van der Waals surface area contributed by atoms with E-state index in [4.69, 9.17) is 5.73 Å². The third-order valence-electron chi connectivity index (χ3n) is 2.80. The van der Waals surface area contributed by atoms with Crippen molar-refractivity contribution in [1.82, 2.24) is 0 Å². The van der Waals surface area contributed by atoms with Crippen LogP contribution in [0.1, 0.15) is 37.7 Å². The minimum absolute atomic E-state index is 0. The lowest BCUT2D eigenvalue weighted by molar-refractivity contribution is -0.119. The van der Waals surface area contributed by atoms with Gasteiger partial charge in [0.15, 0.2) is 0 Å². The Bertz CT molecular complexity index is 355. The van der Waals surface area contributed by atoms with E-state index >= 15 is 0 Å². The minimum Gasteiger partial charge on any atom is -0.388 e. The van der Waals surface area contributed by atoms with Crippen LogP contribution in [0.3, 0.4) is 0 Å². The van der Waals surface area contributed by atoms with Crippen molar-refractivity contribution in [3.63, 3.8) is 0 Å². The van der Waals surface area contributed by atoms with E-state index in [0.29, 0.717) is 0 Å². The molecule has 1 aromatic carbocycles. The Morgan fingerprint density at radius 1 is 1.41 bits per heavy atom. The highest BCUT2D eigenvalue weighted by molar-refractivity contribution is 5.85. The second-order valence-electron chi connectivity index (χ2n) is 3.93. The van der Waals surface area contributed by atoms with Crippen LogP contribution in [0.25, 0.3) is 0 Å². The fourth-order valence-corrected chi connectivity index (χ4v) is 1.89. The first kappa shape index (κ1) is 15.8. The van der Waals surface area contributed by atoms with Gasteiger partial charge >= 0.3 is 0 Å². The Hall–Kier alpha value is -1.22. The Morgan fingerprint density at radius 3 is 2.59 bits per heavy atom. The maximum Gasteiger partial charge on any atom is 0.225 e. The van der Waals surface area contributed by atoms with Crippen LogP contribution in [0.2, 0.25) is 0 Å². The third kappa shape index (κ3) is 4.27. The zero-order chi connectivity index (χ0) is 12.0. The first-order valence-electron chi connectivity index (χ1n) is 5.76. The van der Waals surface area contributed by atoms with E-state index < -0.39 is 0 Å². The summed E-state index contributed by atoms with van der Waals surface area (Å²) in [6.45, 7) is 2.11. The molecule has 0 heterocycles. The summed E-state index contributed by atoms with van der Waals surface area (Å²) in [6, 6.07) is 7.83. The summed E-state index contributed by atoms with van der Waals surface area (Å²) in [7, 11) is 1.86. The largest absolute Gasteiger partial charge is 0.388 e. The van der Waals surface area contributed by atoms with Gasteiger partial charge in [-0.1, -0.05) is 38.0 Å². The number of primary amides is 1. The van der Waals surface area contributed by atoms with Crippen LogP contribution >= 0.6 is 12.4 Å². The van der Waals surface area contributed by atoms with Gasteiger partial charge in [0.25, 0.3) is 0 Å². The van der Waals surface area contributed by atoms with E-state index in [-0.39, 0.29) is 24.2 Å². The van der Waals surface area contributed by atoms with Crippen molar-refractivity contribution in [2.24, 2.45) is 5.73 Å². The lowest BCUT2D eigenvalue weighted by atomic mass is 9.91. The van der Waals surface area contributed by atoms with Crippen molar-refractivity contribution < 1.29 is 4.79 Å². The highest BCUT2D eigenvalue weighted by Crippen LogP contribution is 2.28. The molecule has 4 heteroatoms. The second kappa shape index (κ2) is 7.96. The van der Waals surface area contributed by atoms with Crippen LogP contribution in [0.4, 0.5) is 5.69 Å². The molecule has 0 radical (unpaired) electrons. The number of hydrogen-bond donors (Lipinski definition) is 2. The predicted molar refractivity (Wildman–Crippen MR) is 74.7 cm³/mol. The number of para-hydroxylation sites is 1. The fourth-order valence-electron chi connectivity index (χ4n) is 1.89. The molecule has 0 unspecified atom stereocenters. The number of amides is 1. The summed E-state index contributed by atoms with van der Waals surface area (Å²) < 4.78 is 0. The topological polar surface area (TPSA) is 55.1 Å². The molecule has 3 N–H and O–H groups in total. The molecule has 0 aromatic heterocycles. The van der Waals surface area contributed by atoms with Crippen LogP contribution in [0.15, 0.2) is 24.3 Å². The maximum atomic E-state index is 11.5. The van der Waals surface area contributed by atoms with Gasteiger partial charge in [0.05, 0.1) is 5.92 Å². The molecular weight excluding hydrogens is 236 g/mol. The van der Waals surface area contributed by atoms with E-state index in [2.05, 4.69) is 12.2 Å². The highest BCUT2D eigenvalue weighted by Gasteiger charge is 2.19. The van der Waals surface area contributed by atoms with Gasteiger partial charge in [-0.15, -0.1) is 12.4 Å². The van der Waals surface area contributed by atoms with Gasteiger partial charge in [0.2, 0.25) is 5.91 Å². The Balaban J connectivity index is 0.00000256. The van der Waals surface area contributed by atoms with Gasteiger partial charge in [-0.3, -0.25) is 4.79 Å². The maximum absolute atomic E-state index is 11.5. The van der Waals surface area contributed by atoms with Crippen LogP contribution < -0.4 is 11.1 Å². The zero-order valence-corrected chi connectivity index (χ0v) is 11.2. The van der Waals surface area contributed by atoms with Crippen molar-refractivity contribution in [1.29, 1.82) is 0 Å². The first-order valence-corrected chi connectivity index (χ1v) is 5.76. The van der Waals surface area contributed by atoms with Gasteiger partial charge in [-0.05, 0) is 18.1 Å². The Kier molecular flexibility index (Phi) is 7.39. The SMILES string of the molecule is CCCC[C@@H](C(N)=O)c1ccccc1NC.Cl. The summed E-state index contributed by atoms with van der Waals surface area (Å²) in [5.41, 5.74) is 7.46. The molecule has 1 atom stereocenters. The summed E-state index contributed by atoms with van der Waals surface area (Å²) in [4.78, 5) is 11.5. The molecule has 0 fully saturated rings. The monoisotopic (exact) mass is 256 g/mol. The zero-order valence-electron chi connectivity index (χ0n) is 10.4. The number of halogens is 1. The van der Waals surface area contributed by atoms with Gasteiger partial charge < -0.3 is 11.1 Å². The van der Waals surface area contributed by atoms with Crippen molar-refractivity contribution in [2.75, 3.05) is 12.4 Å². The average Bonchev–Trinajstić information content (AvgIpc) is 2.29. The van der Waals surface area contributed by atoms with Crippen molar-refractivity contribution in [2.45, 2.75) is 32.1 Å². The van der Waals surface area contributed by atoms with Crippen LogP contribution in [0.5, 0.6) is 0 Å². The summed E-state index contributed by atoms with van der Waals surface area (Å²) in [6.07, 6.45) is 2.92. The molecule has 3 nitrogen and oxygen atoms in total. The number of benzene rings is 1. The lowest BCUT2D eigenvalue weighted by Gasteiger charge is -2.17. The van der Waals surface area contributed by atoms with E-state index in [1.54, 1.807) is 0 Å². The van der Waals surface area contributed by atoms with E-state index in [1.807, 2.05) is 31.3 Å². The van der Waals surface area contributed by atoms with Crippen molar-refractivity contribution >= 4 is 24.0 Å². The second-order valence-corrected chi connectivity index (χ2v) is 3.93. The number of rotatable bonds is 6. The fraction of sp³-hybridized carbons (Fsp3) is 0.462. The Morgan fingerprint density at radius 2 is 2.06 bits per heavy atom. The first-order chi connectivity index (χ1) is 7.70. The molecule has 0 aliphatic carbocycles. The lowest BCUT2D eigenvalue weighted by Crippen LogP contribution is -2.22. The smallest absolute Gasteiger partial charge is 0.225 e. The number of unbranched alkanes of at least 4 members (excludes halogenated alkanes) is 1. The Labute approximate surface area is 109 Å². The van der Waals surface area contributed by atoms with E-state index in [0.717, 1.165) is 30.5 Å². The van der Waals surface area contributed by atoms with Gasteiger partial charge in [-0.2, -0.15) is 0 Å². The number of nitrogens with one attached hydrogen (secondary N) is 1. The minimum atomic E-state index is -0.240. The molecule has 0 aliphatic heterocycles. The summed E-state index contributed by atoms with van der Waals surface area (Å²) in [5, 5.41) is 3.10. The van der Waals surface area contributed by atoms with E-state index in [1.165, 1.54) is 0 Å². The standard InChI is InChI=1S/C13H20N2O.ClH/c1-3-4-7-11(13(14)16)10-8-5-6-9-12(10)15-2;/h5-6,8-9,11,15H,3-4,7H2,1-2H3,(H2,14,16);1H/t11-;/m1./s1. The van der Waals surface area contributed by atoms with E-state index in [9.17, 15) is 4.79 Å². The normalized spacial score (nSPS) is 11.4. The molecule has 1 aromatic rings. The van der Waals surface area contributed by atoms with Crippen molar-refractivity contribution in [3.05, 3.63) is 29.8 Å². The quantitative estimate of drug-likeness (QED) is 0.822. The molecule has 0 saturated carbocycles. The van der Waals surface area contributed by atoms with Gasteiger partial charge in [0, 0.05) is 12.7 Å². The molecule has 17 heavy (non-hydrogen) atoms. The predicted octanol–water partition coefficient (Wildman–Crippen LogP) is 2.91. The number of carbonyl (C=O) groups excluding carboxylic acids is 1. The van der Waals surface area contributed by atoms with Crippen LogP contribution in [0, 0.1) is 0 Å². The van der Waals surface area contributed by atoms with Crippen LogP contribution in [-0.4, -0.2) is 13.0 Å². The summed E-state index contributed by atoms with van der Waals surface area (Å²) in [5.74, 6) is -0.417. The average molecular weight is 257 g/mol. The number of nitrogens with two attached hydrogens (primary N) is 1.